The Balaban J connectivity index is 1.90. The van der Waals surface area contributed by atoms with Crippen LogP contribution < -0.4 is 5.73 Å². The minimum atomic E-state index is -3.70. The van der Waals surface area contributed by atoms with E-state index in [4.69, 9.17) is 17.3 Å². The van der Waals surface area contributed by atoms with Crippen LogP contribution in [0, 0.1) is 17.7 Å². The van der Waals surface area contributed by atoms with Gasteiger partial charge in [-0.25, -0.2) is 12.8 Å². The van der Waals surface area contributed by atoms with E-state index in [1.54, 1.807) is 0 Å². The molecule has 2 fully saturated rings. The second-order valence-electron chi connectivity index (χ2n) is 5.59. The largest absolute Gasteiger partial charge is 0.327 e. The molecule has 0 radical (unpaired) electrons. The van der Waals surface area contributed by atoms with Gasteiger partial charge in [0.05, 0.1) is 4.90 Å². The van der Waals surface area contributed by atoms with Crippen LogP contribution in [-0.4, -0.2) is 31.9 Å². The Morgan fingerprint density at radius 3 is 2.65 bits per heavy atom. The van der Waals surface area contributed by atoms with E-state index in [0.29, 0.717) is 19.0 Å². The van der Waals surface area contributed by atoms with Crippen LogP contribution >= 0.6 is 11.6 Å². The van der Waals surface area contributed by atoms with Gasteiger partial charge in [-0.15, -0.1) is 0 Å². The number of sulfonamides is 1. The van der Waals surface area contributed by atoms with Crippen molar-refractivity contribution in [2.24, 2.45) is 17.6 Å². The van der Waals surface area contributed by atoms with Crippen molar-refractivity contribution in [3.05, 3.63) is 29.0 Å². The van der Waals surface area contributed by atoms with Crippen molar-refractivity contribution in [3.63, 3.8) is 0 Å². The Morgan fingerprint density at radius 1 is 1.25 bits per heavy atom. The maximum Gasteiger partial charge on any atom is 0.243 e. The fourth-order valence-electron chi connectivity index (χ4n) is 3.29. The average molecular weight is 319 g/mol. The Morgan fingerprint density at radius 2 is 2.00 bits per heavy atom. The van der Waals surface area contributed by atoms with Crippen molar-refractivity contribution in [1.82, 2.24) is 4.31 Å². The Bertz CT molecular complexity index is 617. The van der Waals surface area contributed by atoms with Crippen LogP contribution in [0.15, 0.2) is 23.1 Å². The number of fused-ring (bicyclic) bond motifs is 1. The van der Waals surface area contributed by atoms with Gasteiger partial charge in [0, 0.05) is 24.2 Å². The third-order valence-electron chi connectivity index (χ3n) is 4.35. The monoisotopic (exact) mass is 318 g/mol. The Kier molecular flexibility index (Phi) is 3.52. The molecule has 1 heterocycles. The molecule has 110 valence electrons. The van der Waals surface area contributed by atoms with Crippen molar-refractivity contribution >= 4 is 21.6 Å². The van der Waals surface area contributed by atoms with Gasteiger partial charge in [-0.1, -0.05) is 11.6 Å². The van der Waals surface area contributed by atoms with Crippen molar-refractivity contribution in [3.8, 4) is 0 Å². The summed E-state index contributed by atoms with van der Waals surface area (Å²) < 4.78 is 39.8. The van der Waals surface area contributed by atoms with Gasteiger partial charge in [0.2, 0.25) is 10.0 Å². The van der Waals surface area contributed by atoms with Crippen molar-refractivity contribution in [2.75, 3.05) is 13.1 Å². The van der Waals surface area contributed by atoms with Gasteiger partial charge in [-0.05, 0) is 42.9 Å². The normalized spacial score (nSPS) is 30.6. The van der Waals surface area contributed by atoms with Crippen LogP contribution in [-0.2, 0) is 10.0 Å². The second kappa shape index (κ2) is 4.94. The molecule has 3 unspecified atom stereocenters. The molecule has 7 heteroatoms. The van der Waals surface area contributed by atoms with Gasteiger partial charge in [0.25, 0.3) is 0 Å². The van der Waals surface area contributed by atoms with Crippen LogP contribution in [0.2, 0.25) is 5.02 Å². The lowest BCUT2D eigenvalue weighted by Gasteiger charge is -2.18. The lowest BCUT2D eigenvalue weighted by Crippen LogP contribution is -2.33. The zero-order valence-corrected chi connectivity index (χ0v) is 12.4. The van der Waals surface area contributed by atoms with E-state index in [1.165, 1.54) is 10.4 Å². The quantitative estimate of drug-likeness (QED) is 0.905. The predicted octanol–water partition coefficient (Wildman–Crippen LogP) is 1.84. The van der Waals surface area contributed by atoms with Crippen molar-refractivity contribution in [1.29, 1.82) is 0 Å². The summed E-state index contributed by atoms with van der Waals surface area (Å²) in [5.41, 5.74) is 6.01. The van der Waals surface area contributed by atoms with Gasteiger partial charge in [-0.3, -0.25) is 0 Å². The van der Waals surface area contributed by atoms with E-state index < -0.39 is 15.8 Å². The second-order valence-corrected chi connectivity index (χ2v) is 7.97. The number of hydrogen-bond donors (Lipinski definition) is 1. The smallest absolute Gasteiger partial charge is 0.243 e. The number of halogens is 2. The maximum absolute atomic E-state index is 13.4. The molecule has 3 rings (SSSR count). The molecule has 20 heavy (non-hydrogen) atoms. The zero-order chi connectivity index (χ0) is 14.5. The fraction of sp³-hybridized carbons (Fsp3) is 0.538. The molecule has 2 aliphatic rings. The maximum atomic E-state index is 13.4. The first-order valence-corrected chi connectivity index (χ1v) is 8.41. The number of hydrogen-bond acceptors (Lipinski definition) is 3. The molecule has 1 saturated heterocycles. The molecule has 4 nitrogen and oxygen atoms in total. The van der Waals surface area contributed by atoms with Crippen LogP contribution in [0.5, 0.6) is 0 Å². The first-order chi connectivity index (χ1) is 9.38. The number of rotatable bonds is 2. The molecule has 3 atom stereocenters. The van der Waals surface area contributed by atoms with E-state index in [2.05, 4.69) is 0 Å². The molecule has 1 aromatic carbocycles. The van der Waals surface area contributed by atoms with E-state index in [1.807, 2.05) is 0 Å². The van der Waals surface area contributed by atoms with Crippen LogP contribution in [0.4, 0.5) is 4.39 Å². The highest BCUT2D eigenvalue weighted by Crippen LogP contribution is 2.39. The summed E-state index contributed by atoms with van der Waals surface area (Å²) in [4.78, 5) is -0.0870. The summed E-state index contributed by atoms with van der Waals surface area (Å²) in [7, 11) is -3.70. The van der Waals surface area contributed by atoms with E-state index in [-0.39, 0.29) is 21.9 Å². The molecule has 0 amide bonds. The standard InChI is InChI=1S/C13H16ClFN2O2S/c14-9-3-10(15)5-11(4-9)20(18,19)17-6-8-1-2-13(16)12(8)7-17/h3-5,8,12-13H,1-2,6-7,16H2. The van der Waals surface area contributed by atoms with Gasteiger partial charge < -0.3 is 5.73 Å². The summed E-state index contributed by atoms with van der Waals surface area (Å²) in [6.45, 7) is 0.886. The highest BCUT2D eigenvalue weighted by atomic mass is 35.5. The van der Waals surface area contributed by atoms with Gasteiger partial charge in [0.15, 0.2) is 0 Å². The third-order valence-corrected chi connectivity index (χ3v) is 6.38. The summed E-state index contributed by atoms with van der Waals surface area (Å²) >= 11 is 5.74. The Labute approximate surface area is 122 Å². The highest BCUT2D eigenvalue weighted by Gasteiger charge is 2.45. The SMILES string of the molecule is NC1CCC2CN(S(=O)(=O)c3cc(F)cc(Cl)c3)CC12. The molecule has 1 saturated carbocycles. The minimum absolute atomic E-state index is 0.0660. The van der Waals surface area contributed by atoms with Crippen molar-refractivity contribution in [2.45, 2.75) is 23.8 Å². The Hall–Kier alpha value is -0.690. The van der Waals surface area contributed by atoms with E-state index in [0.717, 1.165) is 25.0 Å². The molecular weight excluding hydrogens is 303 g/mol. The van der Waals surface area contributed by atoms with Crippen LogP contribution in [0.1, 0.15) is 12.8 Å². The molecule has 0 aromatic heterocycles. The lowest BCUT2D eigenvalue weighted by atomic mass is 9.98. The predicted molar refractivity (Wildman–Crippen MR) is 74.4 cm³/mol. The molecule has 1 aliphatic heterocycles. The van der Waals surface area contributed by atoms with Crippen LogP contribution in [0.3, 0.4) is 0 Å². The van der Waals surface area contributed by atoms with E-state index >= 15 is 0 Å². The number of nitrogens with zero attached hydrogens (tertiary/aromatic N) is 1. The molecule has 0 bridgehead atoms. The molecule has 2 N–H and O–H groups in total. The van der Waals surface area contributed by atoms with Crippen LogP contribution in [0.25, 0.3) is 0 Å². The third kappa shape index (κ3) is 2.35. The first-order valence-electron chi connectivity index (χ1n) is 6.60. The topological polar surface area (TPSA) is 63.4 Å². The number of benzene rings is 1. The summed E-state index contributed by atoms with van der Waals surface area (Å²) in [6, 6.07) is 3.45. The summed E-state index contributed by atoms with van der Waals surface area (Å²) in [6.07, 6.45) is 1.91. The fourth-order valence-corrected chi connectivity index (χ4v) is 5.17. The first kappa shape index (κ1) is 14.3. The summed E-state index contributed by atoms with van der Waals surface area (Å²) in [5.74, 6) is -0.107. The zero-order valence-electron chi connectivity index (χ0n) is 10.8. The minimum Gasteiger partial charge on any atom is -0.327 e. The van der Waals surface area contributed by atoms with Gasteiger partial charge >= 0.3 is 0 Å². The number of nitrogens with two attached hydrogens (primary N) is 1. The van der Waals surface area contributed by atoms with Crippen molar-refractivity contribution < 1.29 is 12.8 Å². The summed E-state index contributed by atoms with van der Waals surface area (Å²) in [5, 5.41) is 0.0830. The van der Waals surface area contributed by atoms with Gasteiger partial charge in [0.1, 0.15) is 5.82 Å². The average Bonchev–Trinajstić information content (AvgIpc) is 2.91. The van der Waals surface area contributed by atoms with Gasteiger partial charge in [-0.2, -0.15) is 4.31 Å². The lowest BCUT2D eigenvalue weighted by molar-refractivity contribution is 0.426. The molecule has 1 aromatic rings. The molecule has 1 aliphatic carbocycles. The molecular formula is C13H16ClFN2O2S. The molecule has 0 spiro atoms. The van der Waals surface area contributed by atoms with E-state index in [9.17, 15) is 12.8 Å². The highest BCUT2D eigenvalue weighted by molar-refractivity contribution is 7.89.